The number of halogens is 1. The topological polar surface area (TPSA) is 54.9 Å². The van der Waals surface area contributed by atoms with E-state index < -0.39 is 9.84 Å². The molecular weight excluding hydrogens is 304 g/mol. The Labute approximate surface area is 121 Å². The minimum Gasteiger partial charge on any atom is -0.331 e. The van der Waals surface area contributed by atoms with Crippen molar-refractivity contribution in [3.8, 4) is 0 Å². The fourth-order valence-electron chi connectivity index (χ4n) is 2.58. The molecule has 1 unspecified atom stereocenters. The van der Waals surface area contributed by atoms with Gasteiger partial charge < -0.3 is 9.55 Å². The van der Waals surface area contributed by atoms with E-state index in [9.17, 15) is 8.42 Å². The summed E-state index contributed by atoms with van der Waals surface area (Å²) >= 11 is 11.2. The predicted molar refractivity (Wildman–Crippen MR) is 78.9 cm³/mol. The molecular formula is C12H13ClN2O2S2. The van der Waals surface area contributed by atoms with Gasteiger partial charge in [-0.2, -0.15) is 0 Å². The number of fused-ring (bicyclic) bond motifs is 1. The Morgan fingerprint density at radius 2 is 2.26 bits per heavy atom. The minimum absolute atomic E-state index is 0.291. The Morgan fingerprint density at radius 1 is 1.47 bits per heavy atom. The highest BCUT2D eigenvalue weighted by Gasteiger charge is 2.31. The number of aromatic nitrogens is 2. The molecule has 102 valence electrons. The molecule has 0 aliphatic carbocycles. The average molecular weight is 317 g/mol. The van der Waals surface area contributed by atoms with Gasteiger partial charge in [0.05, 0.1) is 22.0 Å². The molecule has 19 heavy (non-hydrogen) atoms. The molecule has 7 heteroatoms. The van der Waals surface area contributed by atoms with Gasteiger partial charge in [-0.1, -0.05) is 11.6 Å². The third-order valence-corrected chi connectivity index (χ3v) is 6.40. The number of rotatable bonds is 2. The lowest BCUT2D eigenvalue weighted by atomic mass is 10.2. The van der Waals surface area contributed by atoms with Crippen LogP contribution in [0.25, 0.3) is 11.0 Å². The number of nitrogens with zero attached hydrogens (tertiary/aromatic N) is 1. The first-order valence-electron chi connectivity index (χ1n) is 6.07. The molecule has 0 bridgehead atoms. The molecule has 0 saturated carbocycles. The Kier molecular flexibility index (Phi) is 3.19. The van der Waals surface area contributed by atoms with Crippen molar-refractivity contribution in [2.75, 3.05) is 5.75 Å². The van der Waals surface area contributed by atoms with Gasteiger partial charge in [0.2, 0.25) is 0 Å². The molecule has 1 fully saturated rings. The molecule has 0 radical (unpaired) electrons. The molecule has 2 aromatic rings. The van der Waals surface area contributed by atoms with Gasteiger partial charge >= 0.3 is 0 Å². The van der Waals surface area contributed by atoms with Crippen LogP contribution in [0.4, 0.5) is 0 Å². The van der Waals surface area contributed by atoms with Crippen LogP contribution >= 0.6 is 23.8 Å². The Morgan fingerprint density at radius 3 is 2.95 bits per heavy atom. The first-order chi connectivity index (χ1) is 8.97. The normalized spacial score (nSPS) is 22.1. The van der Waals surface area contributed by atoms with Crippen LogP contribution in [0.2, 0.25) is 5.02 Å². The first-order valence-corrected chi connectivity index (χ1v) is 8.57. The van der Waals surface area contributed by atoms with Crippen LogP contribution in [-0.2, 0) is 16.4 Å². The summed E-state index contributed by atoms with van der Waals surface area (Å²) in [5.41, 5.74) is 1.74. The number of hydrogen-bond acceptors (Lipinski definition) is 3. The summed E-state index contributed by atoms with van der Waals surface area (Å²) in [4.78, 5) is 3.07. The highest BCUT2D eigenvalue weighted by atomic mass is 35.5. The summed E-state index contributed by atoms with van der Waals surface area (Å²) in [6, 6.07) is 5.45. The van der Waals surface area contributed by atoms with Gasteiger partial charge in [-0.25, -0.2) is 8.42 Å². The lowest BCUT2D eigenvalue weighted by Crippen LogP contribution is -2.22. The van der Waals surface area contributed by atoms with Crippen molar-refractivity contribution < 1.29 is 8.42 Å². The van der Waals surface area contributed by atoms with E-state index in [1.54, 1.807) is 12.1 Å². The van der Waals surface area contributed by atoms with Crippen molar-refractivity contribution >= 4 is 44.7 Å². The van der Waals surface area contributed by atoms with Crippen LogP contribution in [-0.4, -0.2) is 29.0 Å². The zero-order chi connectivity index (χ0) is 13.6. The van der Waals surface area contributed by atoms with Crippen LogP contribution in [0.15, 0.2) is 18.2 Å². The van der Waals surface area contributed by atoms with E-state index in [-0.39, 0.29) is 5.25 Å². The first kappa shape index (κ1) is 13.1. The predicted octanol–water partition coefficient (Wildman–Crippen LogP) is 2.93. The zero-order valence-electron chi connectivity index (χ0n) is 10.1. The van der Waals surface area contributed by atoms with Crippen LogP contribution in [0.3, 0.4) is 0 Å². The third-order valence-electron chi connectivity index (χ3n) is 3.59. The molecule has 2 heterocycles. The highest BCUT2D eigenvalue weighted by molar-refractivity contribution is 7.92. The second-order valence-corrected chi connectivity index (χ2v) is 8.06. The second kappa shape index (κ2) is 4.61. The average Bonchev–Trinajstić information content (AvgIpc) is 2.80. The number of benzene rings is 1. The maximum Gasteiger partial charge on any atom is 0.178 e. The summed E-state index contributed by atoms with van der Waals surface area (Å²) in [7, 11) is -2.96. The minimum atomic E-state index is -2.96. The van der Waals surface area contributed by atoms with E-state index >= 15 is 0 Å². The molecule has 1 aliphatic heterocycles. The maximum absolute atomic E-state index is 11.9. The molecule has 0 spiro atoms. The molecule has 1 aromatic heterocycles. The van der Waals surface area contributed by atoms with E-state index in [1.807, 2.05) is 10.6 Å². The van der Waals surface area contributed by atoms with E-state index in [0.717, 1.165) is 17.5 Å². The summed E-state index contributed by atoms with van der Waals surface area (Å²) < 4.78 is 26.2. The van der Waals surface area contributed by atoms with Crippen LogP contribution in [0.1, 0.15) is 12.8 Å². The maximum atomic E-state index is 11.9. The number of hydrogen-bond donors (Lipinski definition) is 1. The fraction of sp³-hybridized carbons (Fsp3) is 0.417. The highest BCUT2D eigenvalue weighted by Crippen LogP contribution is 2.25. The number of sulfone groups is 1. The smallest absolute Gasteiger partial charge is 0.178 e. The van der Waals surface area contributed by atoms with Gasteiger partial charge in [-0.3, -0.25) is 0 Å². The molecule has 1 N–H and O–H groups in total. The van der Waals surface area contributed by atoms with E-state index in [1.165, 1.54) is 0 Å². The summed E-state index contributed by atoms with van der Waals surface area (Å²) in [6.07, 6.45) is 1.46. The Hall–Kier alpha value is -0.850. The molecule has 1 atom stereocenters. The van der Waals surface area contributed by atoms with Crippen LogP contribution < -0.4 is 0 Å². The van der Waals surface area contributed by atoms with Crippen LogP contribution in [0, 0.1) is 4.77 Å². The summed E-state index contributed by atoms with van der Waals surface area (Å²) in [5.74, 6) is 0.291. The van der Waals surface area contributed by atoms with Crippen LogP contribution in [0.5, 0.6) is 0 Å². The van der Waals surface area contributed by atoms with Gasteiger partial charge in [-0.15, -0.1) is 0 Å². The molecule has 1 aliphatic rings. The zero-order valence-corrected chi connectivity index (χ0v) is 12.5. The van der Waals surface area contributed by atoms with E-state index in [2.05, 4.69) is 4.98 Å². The van der Waals surface area contributed by atoms with Crippen molar-refractivity contribution in [1.82, 2.24) is 9.55 Å². The largest absolute Gasteiger partial charge is 0.331 e. The van der Waals surface area contributed by atoms with Gasteiger partial charge in [0.25, 0.3) is 0 Å². The third kappa shape index (κ3) is 2.32. The van der Waals surface area contributed by atoms with Gasteiger partial charge in [0.15, 0.2) is 14.6 Å². The van der Waals surface area contributed by atoms with Gasteiger partial charge in [0.1, 0.15) is 0 Å². The lowest BCUT2D eigenvalue weighted by Gasteiger charge is -2.11. The van der Waals surface area contributed by atoms with Crippen molar-refractivity contribution in [1.29, 1.82) is 0 Å². The number of H-pyrrole nitrogens is 1. The van der Waals surface area contributed by atoms with Gasteiger partial charge in [0, 0.05) is 11.6 Å². The van der Waals surface area contributed by atoms with Gasteiger partial charge in [-0.05, 0) is 43.3 Å². The van der Waals surface area contributed by atoms with Crippen molar-refractivity contribution in [3.05, 3.63) is 28.0 Å². The second-order valence-electron chi connectivity index (χ2n) is 4.83. The fourth-order valence-corrected chi connectivity index (χ4v) is 4.84. The van der Waals surface area contributed by atoms with Crippen molar-refractivity contribution in [3.63, 3.8) is 0 Å². The number of imidazole rings is 1. The number of nitrogens with one attached hydrogen (secondary N) is 1. The molecule has 4 nitrogen and oxygen atoms in total. The quantitative estimate of drug-likeness (QED) is 0.867. The monoisotopic (exact) mass is 316 g/mol. The Balaban J connectivity index is 2.06. The molecule has 3 rings (SSSR count). The number of aromatic amines is 1. The Bertz CT molecular complexity index is 792. The molecule has 0 amide bonds. The lowest BCUT2D eigenvalue weighted by molar-refractivity contribution is 0.568. The van der Waals surface area contributed by atoms with Crippen molar-refractivity contribution in [2.24, 2.45) is 0 Å². The van der Waals surface area contributed by atoms with E-state index in [0.29, 0.717) is 28.5 Å². The molecule has 1 aromatic carbocycles. The van der Waals surface area contributed by atoms with E-state index in [4.69, 9.17) is 23.8 Å². The standard InChI is InChI=1S/C12H13ClN2O2S2/c13-8-3-4-11-10(6-8)14-12(18)15(11)7-9-2-1-5-19(9,16)17/h3-4,6,9H,1-2,5,7H2,(H,14,18). The SMILES string of the molecule is O=S1(=O)CCCC1Cn1c(=S)[nH]c2cc(Cl)ccc21. The molecule has 1 saturated heterocycles. The van der Waals surface area contributed by atoms with Crippen molar-refractivity contribution in [2.45, 2.75) is 24.6 Å². The summed E-state index contributed by atoms with van der Waals surface area (Å²) in [5, 5.41) is 0.304. The summed E-state index contributed by atoms with van der Waals surface area (Å²) in [6.45, 7) is 0.419.